The maximum atomic E-state index is 12.8. The van der Waals surface area contributed by atoms with Crippen LogP contribution in [0.4, 0.5) is 10.5 Å². The number of nitro benzene ring substituents is 1. The highest BCUT2D eigenvalue weighted by atomic mass is 35.5. The molecule has 0 unspecified atom stereocenters. The van der Waals surface area contributed by atoms with Gasteiger partial charge in [0, 0.05) is 16.0 Å². The standard InChI is InChI=1S/C24H17ClN2O4S2/c1-15-2-9-19(10-3-15)32-21-11-6-17(12-20(21)27(30)31)13-22-23(28)26(24(29)33-22)14-16-4-7-18(25)8-5-16/h2-13H,14H2,1H3/b22-13-. The van der Waals surface area contributed by atoms with Crippen molar-refractivity contribution in [3.8, 4) is 0 Å². The predicted molar refractivity (Wildman–Crippen MR) is 131 cm³/mol. The van der Waals surface area contributed by atoms with Gasteiger partial charge in [0.05, 0.1) is 21.3 Å². The van der Waals surface area contributed by atoms with Crippen LogP contribution in [-0.2, 0) is 11.3 Å². The lowest BCUT2D eigenvalue weighted by Gasteiger charge is -2.12. The van der Waals surface area contributed by atoms with E-state index in [2.05, 4.69) is 0 Å². The Morgan fingerprint density at radius 3 is 2.42 bits per heavy atom. The van der Waals surface area contributed by atoms with E-state index < -0.39 is 10.8 Å². The van der Waals surface area contributed by atoms with Gasteiger partial charge in [0.2, 0.25) is 0 Å². The first kappa shape index (κ1) is 23.1. The molecule has 1 fully saturated rings. The number of hydrogen-bond acceptors (Lipinski definition) is 6. The van der Waals surface area contributed by atoms with Crippen LogP contribution in [0.5, 0.6) is 0 Å². The van der Waals surface area contributed by atoms with Gasteiger partial charge in [0.25, 0.3) is 16.8 Å². The Morgan fingerprint density at radius 2 is 1.76 bits per heavy atom. The van der Waals surface area contributed by atoms with E-state index in [0.29, 0.717) is 15.5 Å². The molecular weight excluding hydrogens is 480 g/mol. The summed E-state index contributed by atoms with van der Waals surface area (Å²) < 4.78 is 0. The van der Waals surface area contributed by atoms with E-state index in [-0.39, 0.29) is 22.4 Å². The number of rotatable bonds is 6. The van der Waals surface area contributed by atoms with Gasteiger partial charge in [-0.2, -0.15) is 0 Å². The number of carbonyl (C=O) groups excluding carboxylic acids is 2. The normalized spacial score (nSPS) is 14.8. The van der Waals surface area contributed by atoms with Gasteiger partial charge in [-0.3, -0.25) is 24.6 Å². The Balaban J connectivity index is 1.56. The van der Waals surface area contributed by atoms with Crippen LogP contribution in [0, 0.1) is 17.0 Å². The Hall–Kier alpha value is -3.07. The second-order valence-corrected chi connectivity index (χ2v) is 9.84. The molecule has 1 aliphatic heterocycles. The lowest BCUT2D eigenvalue weighted by molar-refractivity contribution is -0.387. The number of halogens is 1. The molecule has 166 valence electrons. The fourth-order valence-electron chi connectivity index (χ4n) is 3.15. The van der Waals surface area contributed by atoms with Gasteiger partial charge >= 0.3 is 0 Å². The van der Waals surface area contributed by atoms with Crippen LogP contribution in [-0.4, -0.2) is 21.0 Å². The second-order valence-electron chi connectivity index (χ2n) is 7.29. The molecule has 3 aromatic rings. The van der Waals surface area contributed by atoms with Gasteiger partial charge in [-0.1, -0.05) is 59.3 Å². The number of amides is 2. The number of imide groups is 1. The Bertz CT molecular complexity index is 1270. The minimum atomic E-state index is -0.444. The maximum absolute atomic E-state index is 12.8. The molecule has 0 radical (unpaired) electrons. The van der Waals surface area contributed by atoms with Crippen LogP contribution < -0.4 is 0 Å². The number of nitrogens with zero attached hydrogens (tertiary/aromatic N) is 2. The van der Waals surface area contributed by atoms with Gasteiger partial charge in [0.15, 0.2) is 0 Å². The van der Waals surface area contributed by atoms with Gasteiger partial charge in [-0.15, -0.1) is 0 Å². The molecule has 1 saturated heterocycles. The van der Waals surface area contributed by atoms with E-state index in [4.69, 9.17) is 11.6 Å². The number of carbonyl (C=O) groups is 2. The number of aryl methyl sites for hydroxylation is 1. The summed E-state index contributed by atoms with van der Waals surface area (Å²) in [4.78, 5) is 39.2. The van der Waals surface area contributed by atoms with E-state index in [1.807, 2.05) is 31.2 Å². The Kier molecular flexibility index (Phi) is 6.88. The highest BCUT2D eigenvalue weighted by Gasteiger charge is 2.35. The summed E-state index contributed by atoms with van der Waals surface area (Å²) in [7, 11) is 0. The molecule has 0 bridgehead atoms. The van der Waals surface area contributed by atoms with E-state index >= 15 is 0 Å². The smallest absolute Gasteiger partial charge is 0.268 e. The minimum Gasteiger partial charge on any atom is -0.268 e. The zero-order chi connectivity index (χ0) is 23.5. The highest BCUT2D eigenvalue weighted by Crippen LogP contribution is 2.38. The number of benzene rings is 3. The zero-order valence-electron chi connectivity index (χ0n) is 17.4. The molecule has 0 atom stereocenters. The highest BCUT2D eigenvalue weighted by molar-refractivity contribution is 8.18. The van der Waals surface area contributed by atoms with Crippen LogP contribution >= 0.6 is 35.1 Å². The van der Waals surface area contributed by atoms with Crippen LogP contribution in [0.2, 0.25) is 5.02 Å². The fourth-order valence-corrected chi connectivity index (χ4v) is 5.01. The Morgan fingerprint density at radius 1 is 1.06 bits per heavy atom. The molecule has 0 spiro atoms. The summed E-state index contributed by atoms with van der Waals surface area (Å²) in [6, 6.07) is 19.4. The molecule has 3 aromatic carbocycles. The summed E-state index contributed by atoms with van der Waals surface area (Å²) >= 11 is 8.01. The van der Waals surface area contributed by atoms with Gasteiger partial charge < -0.3 is 0 Å². The number of nitro groups is 1. The van der Waals surface area contributed by atoms with Crippen LogP contribution in [0.15, 0.2) is 81.4 Å². The summed E-state index contributed by atoms with van der Waals surface area (Å²) in [5.41, 5.74) is 2.30. The van der Waals surface area contributed by atoms with Gasteiger partial charge in [0.1, 0.15) is 0 Å². The summed E-state index contributed by atoms with van der Waals surface area (Å²) in [6.07, 6.45) is 1.51. The lowest BCUT2D eigenvalue weighted by Crippen LogP contribution is -2.27. The molecule has 9 heteroatoms. The van der Waals surface area contributed by atoms with Crippen molar-refractivity contribution in [2.75, 3.05) is 0 Å². The second kappa shape index (κ2) is 9.82. The molecule has 1 aliphatic rings. The van der Waals surface area contributed by atoms with E-state index in [1.165, 1.54) is 23.9 Å². The fraction of sp³-hybridized carbons (Fsp3) is 0.0833. The molecule has 2 amide bonds. The third kappa shape index (κ3) is 5.47. The van der Waals surface area contributed by atoms with Crippen molar-refractivity contribution in [3.05, 3.63) is 103 Å². The van der Waals surface area contributed by atoms with E-state index in [1.54, 1.807) is 36.4 Å². The maximum Gasteiger partial charge on any atom is 0.293 e. The van der Waals surface area contributed by atoms with Crippen molar-refractivity contribution in [3.63, 3.8) is 0 Å². The molecule has 4 rings (SSSR count). The molecule has 1 heterocycles. The Labute approximate surface area is 203 Å². The molecule has 0 saturated carbocycles. The SMILES string of the molecule is Cc1ccc(Sc2ccc(/C=C3\SC(=O)N(Cc4ccc(Cl)cc4)C3=O)cc2[N+](=O)[O-])cc1. The lowest BCUT2D eigenvalue weighted by atomic mass is 10.1. The minimum absolute atomic E-state index is 0.0604. The van der Waals surface area contributed by atoms with Crippen molar-refractivity contribution < 1.29 is 14.5 Å². The largest absolute Gasteiger partial charge is 0.293 e. The monoisotopic (exact) mass is 496 g/mol. The van der Waals surface area contributed by atoms with Gasteiger partial charge in [-0.05, 0) is 66.2 Å². The third-order valence-electron chi connectivity index (χ3n) is 4.85. The topological polar surface area (TPSA) is 80.5 Å². The van der Waals surface area contributed by atoms with Crippen LogP contribution in [0.3, 0.4) is 0 Å². The van der Waals surface area contributed by atoms with E-state index in [0.717, 1.165) is 32.7 Å². The number of thioether (sulfide) groups is 1. The number of hydrogen-bond donors (Lipinski definition) is 0. The van der Waals surface area contributed by atoms with Crippen molar-refractivity contribution in [1.29, 1.82) is 0 Å². The average molecular weight is 497 g/mol. The summed E-state index contributed by atoms with van der Waals surface area (Å²) in [5, 5.41) is 11.9. The molecular formula is C24H17ClN2O4S2. The van der Waals surface area contributed by atoms with E-state index in [9.17, 15) is 19.7 Å². The van der Waals surface area contributed by atoms with Crippen molar-refractivity contribution >= 4 is 58.0 Å². The predicted octanol–water partition coefficient (Wildman–Crippen LogP) is 6.94. The summed E-state index contributed by atoms with van der Waals surface area (Å²) in [6.45, 7) is 2.11. The zero-order valence-corrected chi connectivity index (χ0v) is 19.7. The molecule has 33 heavy (non-hydrogen) atoms. The summed E-state index contributed by atoms with van der Waals surface area (Å²) in [5.74, 6) is -0.430. The molecule has 0 aliphatic carbocycles. The van der Waals surface area contributed by atoms with Crippen molar-refractivity contribution in [2.24, 2.45) is 0 Å². The van der Waals surface area contributed by atoms with Gasteiger partial charge in [-0.25, -0.2) is 0 Å². The first-order valence-electron chi connectivity index (χ1n) is 9.83. The average Bonchev–Trinajstić information content (AvgIpc) is 3.05. The molecule has 0 aromatic heterocycles. The van der Waals surface area contributed by atoms with Crippen molar-refractivity contribution in [1.82, 2.24) is 4.90 Å². The van der Waals surface area contributed by atoms with Crippen molar-refractivity contribution in [2.45, 2.75) is 23.3 Å². The van der Waals surface area contributed by atoms with Crippen LogP contribution in [0.1, 0.15) is 16.7 Å². The molecule has 0 N–H and O–H groups in total. The molecule has 6 nitrogen and oxygen atoms in total. The third-order valence-corrected chi connectivity index (χ3v) is 7.09. The first-order valence-corrected chi connectivity index (χ1v) is 11.8. The first-order chi connectivity index (χ1) is 15.8. The van der Waals surface area contributed by atoms with Crippen LogP contribution in [0.25, 0.3) is 6.08 Å². The quantitative estimate of drug-likeness (QED) is 0.209.